The molecule has 0 saturated carbocycles. The van der Waals surface area contributed by atoms with Crippen molar-refractivity contribution in [3.8, 4) is 16.9 Å². The Hall–Kier alpha value is -3.21. The summed E-state index contributed by atoms with van der Waals surface area (Å²) in [7, 11) is 0. The van der Waals surface area contributed by atoms with Crippen molar-refractivity contribution in [3.63, 3.8) is 0 Å². The summed E-state index contributed by atoms with van der Waals surface area (Å²) in [4.78, 5) is 0. The van der Waals surface area contributed by atoms with Gasteiger partial charge in [-0.25, -0.2) is 0 Å². The fraction of sp³-hybridized carbons (Fsp3) is 0.286. The fourth-order valence-corrected chi connectivity index (χ4v) is 6.83. The largest absolute Gasteiger partial charge is 0.487 e. The van der Waals surface area contributed by atoms with Crippen LogP contribution in [-0.4, -0.2) is 42.9 Å². The number of hydrogen-bond acceptors (Lipinski definition) is 8. The molecule has 0 aliphatic carbocycles. The topological polar surface area (TPSA) is 76.7 Å². The molecular formula is C35H34Cl2N4O3S. The highest BCUT2D eigenvalue weighted by Crippen LogP contribution is 2.39. The van der Waals surface area contributed by atoms with Crippen LogP contribution in [-0.2, 0) is 29.2 Å². The fourth-order valence-electron chi connectivity index (χ4n) is 5.45. The summed E-state index contributed by atoms with van der Waals surface area (Å²) in [6.45, 7) is 7.13. The zero-order valence-electron chi connectivity index (χ0n) is 24.9. The van der Waals surface area contributed by atoms with E-state index in [-0.39, 0.29) is 0 Å². The third-order valence-electron chi connectivity index (χ3n) is 8.37. The third-order valence-corrected chi connectivity index (χ3v) is 9.87. The zero-order valence-corrected chi connectivity index (χ0v) is 27.2. The van der Waals surface area contributed by atoms with Gasteiger partial charge in [0.25, 0.3) is 0 Å². The Labute approximate surface area is 277 Å². The van der Waals surface area contributed by atoms with Crippen LogP contribution >= 0.6 is 34.7 Å². The molecule has 2 fully saturated rings. The molecule has 45 heavy (non-hydrogen) atoms. The van der Waals surface area contributed by atoms with Gasteiger partial charge in [0.2, 0.25) is 0 Å². The average molecular weight is 662 g/mol. The van der Waals surface area contributed by atoms with Gasteiger partial charge in [-0.05, 0) is 76.6 Å². The average Bonchev–Trinajstić information content (AvgIpc) is 3.40. The summed E-state index contributed by atoms with van der Waals surface area (Å²) in [5.41, 5.74) is 7.63. The summed E-state index contributed by atoms with van der Waals surface area (Å²) in [6.07, 6.45) is 0. The van der Waals surface area contributed by atoms with E-state index in [1.54, 1.807) is 0 Å². The first-order valence-electron chi connectivity index (χ1n) is 15.1. The minimum Gasteiger partial charge on any atom is -0.487 e. The minimum absolute atomic E-state index is 0.417. The Balaban J connectivity index is 1.05. The van der Waals surface area contributed by atoms with Crippen molar-refractivity contribution in [3.05, 3.63) is 105 Å². The number of halogens is 2. The van der Waals surface area contributed by atoms with Crippen molar-refractivity contribution < 1.29 is 14.2 Å². The van der Waals surface area contributed by atoms with Crippen molar-refractivity contribution in [1.29, 1.82) is 0 Å². The highest BCUT2D eigenvalue weighted by atomic mass is 35.5. The molecule has 0 unspecified atom stereocenters. The number of fused-ring (bicyclic) bond motifs is 1. The van der Waals surface area contributed by atoms with Crippen LogP contribution < -0.4 is 20.7 Å². The molecule has 0 bridgehead atoms. The van der Waals surface area contributed by atoms with Crippen LogP contribution in [0.1, 0.15) is 22.3 Å². The van der Waals surface area contributed by atoms with Gasteiger partial charge in [0.15, 0.2) is 5.82 Å². The number of rotatable bonds is 12. The van der Waals surface area contributed by atoms with Crippen LogP contribution in [0.25, 0.3) is 21.2 Å². The summed E-state index contributed by atoms with van der Waals surface area (Å²) < 4.78 is 22.6. The standard InChI is InChI=1S/C35H34Cl2N4O3S/c1-21-24(16-44-33-11-9-23(13-31(33)37)15-39-26-19-43-20-26)4-2-5-27(21)28-6-3-7-29-34(28)45-41-35(29)40-32-10-8-22(12-30(32)36)14-38-25-17-42-18-25/h2-13,25-26,38-39H,14-20H2,1H3,(H,40,41). The lowest BCUT2D eigenvalue weighted by molar-refractivity contribution is -0.00581. The molecule has 0 atom stereocenters. The molecule has 0 spiro atoms. The van der Waals surface area contributed by atoms with Crippen LogP contribution in [0, 0.1) is 6.92 Å². The van der Waals surface area contributed by atoms with Gasteiger partial charge >= 0.3 is 0 Å². The van der Waals surface area contributed by atoms with Crippen molar-refractivity contribution in [2.24, 2.45) is 0 Å². The van der Waals surface area contributed by atoms with Crippen molar-refractivity contribution in [2.75, 3.05) is 31.7 Å². The van der Waals surface area contributed by atoms with Crippen molar-refractivity contribution in [2.45, 2.75) is 38.7 Å². The van der Waals surface area contributed by atoms with Gasteiger partial charge in [-0.15, -0.1) is 0 Å². The van der Waals surface area contributed by atoms with Crippen LogP contribution in [0.2, 0.25) is 10.0 Å². The Morgan fingerprint density at radius 2 is 1.49 bits per heavy atom. The molecule has 1 aromatic heterocycles. The highest BCUT2D eigenvalue weighted by Gasteiger charge is 2.19. The number of nitrogens with zero attached hydrogens (tertiary/aromatic N) is 1. The maximum absolute atomic E-state index is 6.68. The van der Waals surface area contributed by atoms with Gasteiger partial charge in [-0.1, -0.05) is 65.7 Å². The van der Waals surface area contributed by atoms with Gasteiger partial charge < -0.3 is 30.2 Å². The van der Waals surface area contributed by atoms with E-state index in [0.717, 1.165) is 94.5 Å². The summed E-state index contributed by atoms with van der Waals surface area (Å²) in [5, 5.41) is 12.7. The molecule has 232 valence electrons. The predicted octanol–water partition coefficient (Wildman–Crippen LogP) is 7.88. The van der Waals surface area contributed by atoms with Gasteiger partial charge in [0.1, 0.15) is 12.4 Å². The van der Waals surface area contributed by atoms with E-state index in [9.17, 15) is 0 Å². The molecule has 0 radical (unpaired) electrons. The van der Waals surface area contributed by atoms with Crippen molar-refractivity contribution in [1.82, 2.24) is 15.0 Å². The summed E-state index contributed by atoms with van der Waals surface area (Å²) in [6, 6.07) is 25.6. The van der Waals surface area contributed by atoms with Crippen LogP contribution in [0.15, 0.2) is 72.8 Å². The second-order valence-corrected chi connectivity index (χ2v) is 13.1. The van der Waals surface area contributed by atoms with E-state index >= 15 is 0 Å². The third kappa shape index (κ3) is 6.83. The molecule has 3 N–H and O–H groups in total. The Bertz CT molecular complexity index is 1820. The van der Waals surface area contributed by atoms with Gasteiger partial charge in [-0.3, -0.25) is 0 Å². The SMILES string of the molecule is Cc1c(COc2ccc(CNC3COC3)cc2Cl)cccc1-c1cccc2c(Nc3ccc(CNC4COC4)cc3Cl)nsc12. The number of hydrogen-bond donors (Lipinski definition) is 3. The van der Waals surface area contributed by atoms with E-state index < -0.39 is 0 Å². The quantitative estimate of drug-likeness (QED) is 0.126. The van der Waals surface area contributed by atoms with Gasteiger partial charge in [-0.2, -0.15) is 4.37 Å². The van der Waals surface area contributed by atoms with E-state index in [1.807, 2.05) is 24.3 Å². The van der Waals surface area contributed by atoms with E-state index in [2.05, 4.69) is 71.4 Å². The second kappa shape index (κ2) is 13.6. The minimum atomic E-state index is 0.417. The molecule has 3 heterocycles. The lowest BCUT2D eigenvalue weighted by Gasteiger charge is -2.27. The molecule has 10 heteroatoms. The monoisotopic (exact) mass is 660 g/mol. The Morgan fingerprint density at radius 1 is 0.822 bits per heavy atom. The maximum Gasteiger partial charge on any atom is 0.152 e. The molecule has 5 aromatic rings. The smallest absolute Gasteiger partial charge is 0.152 e. The van der Waals surface area contributed by atoms with Crippen LogP contribution in [0.5, 0.6) is 5.75 Å². The molecule has 7 rings (SSSR count). The zero-order chi connectivity index (χ0) is 30.8. The molecule has 2 saturated heterocycles. The van der Waals surface area contributed by atoms with Crippen LogP contribution in [0.3, 0.4) is 0 Å². The second-order valence-electron chi connectivity index (χ2n) is 11.5. The number of aromatic nitrogens is 1. The van der Waals surface area contributed by atoms with Crippen LogP contribution in [0.4, 0.5) is 11.5 Å². The van der Waals surface area contributed by atoms with Gasteiger partial charge in [0, 0.05) is 24.0 Å². The van der Waals surface area contributed by atoms with Gasteiger partial charge in [0.05, 0.1) is 58.9 Å². The molecule has 0 amide bonds. The highest BCUT2D eigenvalue weighted by molar-refractivity contribution is 7.14. The molecule has 2 aliphatic rings. The molecular weight excluding hydrogens is 627 g/mol. The first kappa shape index (κ1) is 30.4. The van der Waals surface area contributed by atoms with E-state index in [0.29, 0.717) is 34.5 Å². The lowest BCUT2D eigenvalue weighted by atomic mass is 9.96. The maximum atomic E-state index is 6.68. The molecule has 2 aliphatic heterocycles. The first-order valence-corrected chi connectivity index (χ1v) is 16.6. The Kier molecular flexibility index (Phi) is 9.23. The van der Waals surface area contributed by atoms with Crippen molar-refractivity contribution >= 4 is 56.3 Å². The number of benzene rings is 4. The number of nitrogens with one attached hydrogen (secondary N) is 3. The summed E-state index contributed by atoms with van der Waals surface area (Å²) >= 11 is 14.8. The number of anilines is 2. The molecule has 7 nitrogen and oxygen atoms in total. The molecule has 4 aromatic carbocycles. The lowest BCUT2D eigenvalue weighted by Crippen LogP contribution is -2.45. The van der Waals surface area contributed by atoms with E-state index in [4.69, 9.17) is 41.8 Å². The first-order chi connectivity index (χ1) is 22.0. The Morgan fingerprint density at radius 3 is 2.16 bits per heavy atom. The normalized spacial score (nSPS) is 15.2. The van der Waals surface area contributed by atoms with E-state index in [1.165, 1.54) is 11.5 Å². The predicted molar refractivity (Wildman–Crippen MR) is 183 cm³/mol. The summed E-state index contributed by atoms with van der Waals surface area (Å²) in [5.74, 6) is 1.47. The number of ether oxygens (including phenoxy) is 3.